The third-order valence-corrected chi connectivity index (χ3v) is 4.65. The molecule has 0 aliphatic rings. The minimum absolute atomic E-state index is 0.0258. The molecule has 2 aromatic heterocycles. The molecule has 0 fully saturated rings. The van der Waals surface area contributed by atoms with E-state index in [4.69, 9.17) is 0 Å². The molecule has 0 saturated carbocycles. The van der Waals surface area contributed by atoms with Gasteiger partial charge in [0.25, 0.3) is 5.91 Å². The third-order valence-electron chi connectivity index (χ3n) is 4.65. The number of benzene rings is 1. The molecule has 0 unspecified atom stereocenters. The monoisotopic (exact) mass is 374 g/mol. The highest BCUT2D eigenvalue weighted by Crippen LogP contribution is 2.20. The number of aromatic nitrogens is 3. The van der Waals surface area contributed by atoms with E-state index in [-0.39, 0.29) is 5.91 Å². The molecule has 0 radical (unpaired) electrons. The van der Waals surface area contributed by atoms with Crippen LogP contribution in [0.15, 0.2) is 48.7 Å². The summed E-state index contributed by atoms with van der Waals surface area (Å²) in [5, 5.41) is 0. The number of amides is 1. The second-order valence-electron chi connectivity index (χ2n) is 7.07. The molecule has 3 rings (SSSR count). The van der Waals surface area contributed by atoms with Gasteiger partial charge >= 0.3 is 0 Å². The van der Waals surface area contributed by atoms with Gasteiger partial charge in [0.15, 0.2) is 0 Å². The van der Waals surface area contributed by atoms with E-state index in [1.165, 1.54) is 0 Å². The van der Waals surface area contributed by atoms with Crippen molar-refractivity contribution in [2.75, 3.05) is 7.05 Å². The van der Waals surface area contributed by atoms with Crippen LogP contribution in [0.4, 0.5) is 0 Å². The van der Waals surface area contributed by atoms with Gasteiger partial charge in [0.05, 0.1) is 17.9 Å². The van der Waals surface area contributed by atoms with Crippen molar-refractivity contribution in [1.29, 1.82) is 0 Å². The second-order valence-corrected chi connectivity index (χ2v) is 7.07. The van der Waals surface area contributed by atoms with Gasteiger partial charge in [-0.25, -0.2) is 9.97 Å². The Balaban J connectivity index is 1.77. The molecule has 1 aromatic carbocycles. The van der Waals surface area contributed by atoms with Crippen LogP contribution in [0.1, 0.15) is 46.5 Å². The lowest BCUT2D eigenvalue weighted by atomic mass is 10.1. The topological polar surface area (TPSA) is 59.0 Å². The number of carbonyl (C=O) groups is 1. The van der Waals surface area contributed by atoms with Crippen LogP contribution in [0, 0.1) is 13.8 Å². The quantitative estimate of drug-likeness (QED) is 0.642. The first kappa shape index (κ1) is 19.7. The summed E-state index contributed by atoms with van der Waals surface area (Å²) in [5.41, 5.74) is 5.49. The lowest BCUT2D eigenvalue weighted by Gasteiger charge is -2.18. The molecule has 1 amide bonds. The van der Waals surface area contributed by atoms with E-state index in [9.17, 15) is 4.79 Å². The zero-order valence-electron chi connectivity index (χ0n) is 16.9. The first-order valence-corrected chi connectivity index (χ1v) is 9.59. The Morgan fingerprint density at radius 1 is 1.07 bits per heavy atom. The molecule has 5 heteroatoms. The van der Waals surface area contributed by atoms with Crippen LogP contribution < -0.4 is 0 Å². The summed E-state index contributed by atoms with van der Waals surface area (Å²) in [7, 11) is 1.80. The fourth-order valence-corrected chi connectivity index (χ4v) is 3.10. The van der Waals surface area contributed by atoms with Crippen molar-refractivity contribution in [2.45, 2.75) is 40.2 Å². The van der Waals surface area contributed by atoms with E-state index in [1.54, 1.807) is 18.1 Å². The normalized spacial score (nSPS) is 10.7. The zero-order chi connectivity index (χ0) is 20.1. The molecular weight excluding hydrogens is 348 g/mol. The van der Waals surface area contributed by atoms with Crippen LogP contribution in [-0.2, 0) is 13.0 Å². The Kier molecular flexibility index (Phi) is 6.14. The fourth-order valence-electron chi connectivity index (χ4n) is 3.10. The molecule has 144 valence electrons. The van der Waals surface area contributed by atoms with Gasteiger partial charge in [-0.3, -0.25) is 9.78 Å². The van der Waals surface area contributed by atoms with Gasteiger partial charge in [0, 0.05) is 36.5 Å². The van der Waals surface area contributed by atoms with Crippen molar-refractivity contribution in [1.82, 2.24) is 19.9 Å². The predicted octanol–water partition coefficient (Wildman–Crippen LogP) is 4.38. The highest BCUT2D eigenvalue weighted by molar-refractivity contribution is 5.94. The fraction of sp³-hybridized carbons (Fsp3) is 0.304. The maximum Gasteiger partial charge on any atom is 0.253 e. The summed E-state index contributed by atoms with van der Waals surface area (Å²) in [4.78, 5) is 28.0. The Morgan fingerprint density at radius 2 is 1.82 bits per heavy atom. The van der Waals surface area contributed by atoms with Gasteiger partial charge in [-0.15, -0.1) is 0 Å². The van der Waals surface area contributed by atoms with Crippen LogP contribution in [0.25, 0.3) is 11.3 Å². The molecular formula is C23H26N4O. The van der Waals surface area contributed by atoms with Gasteiger partial charge in [-0.05, 0) is 50.1 Å². The van der Waals surface area contributed by atoms with Crippen molar-refractivity contribution in [3.8, 4) is 11.3 Å². The van der Waals surface area contributed by atoms with Crippen molar-refractivity contribution in [3.63, 3.8) is 0 Å². The molecule has 0 aliphatic carbocycles. The van der Waals surface area contributed by atoms with Gasteiger partial charge in [-0.2, -0.15) is 0 Å². The van der Waals surface area contributed by atoms with Crippen molar-refractivity contribution in [3.05, 3.63) is 77.0 Å². The van der Waals surface area contributed by atoms with Gasteiger partial charge in [-0.1, -0.05) is 25.1 Å². The van der Waals surface area contributed by atoms with E-state index in [0.29, 0.717) is 12.1 Å². The molecule has 0 N–H and O–H groups in total. The number of carbonyl (C=O) groups excluding carboxylic acids is 1. The van der Waals surface area contributed by atoms with Crippen LogP contribution in [0.3, 0.4) is 0 Å². The molecule has 0 bridgehead atoms. The Bertz CT molecular complexity index is 967. The van der Waals surface area contributed by atoms with Crippen LogP contribution in [-0.4, -0.2) is 32.8 Å². The summed E-state index contributed by atoms with van der Waals surface area (Å²) in [6, 6.07) is 13.5. The van der Waals surface area contributed by atoms with Gasteiger partial charge in [0.2, 0.25) is 0 Å². The first-order valence-electron chi connectivity index (χ1n) is 9.59. The van der Waals surface area contributed by atoms with Gasteiger partial charge < -0.3 is 4.90 Å². The molecule has 5 nitrogen and oxygen atoms in total. The third kappa shape index (κ3) is 4.60. The van der Waals surface area contributed by atoms with E-state index < -0.39 is 0 Å². The van der Waals surface area contributed by atoms with E-state index >= 15 is 0 Å². The minimum Gasteiger partial charge on any atom is -0.336 e. The maximum atomic E-state index is 12.8. The summed E-state index contributed by atoms with van der Waals surface area (Å²) < 4.78 is 0. The molecule has 0 saturated heterocycles. The minimum atomic E-state index is -0.0258. The van der Waals surface area contributed by atoms with E-state index in [2.05, 4.69) is 21.9 Å². The lowest BCUT2D eigenvalue weighted by molar-refractivity contribution is 0.0783. The smallest absolute Gasteiger partial charge is 0.253 e. The van der Waals surface area contributed by atoms with Crippen LogP contribution >= 0.6 is 0 Å². The number of hydrogen-bond acceptors (Lipinski definition) is 4. The number of pyridine rings is 1. The standard InChI is InChI=1S/C23H26N4O/c1-5-7-22-25-17(3)14-20(26-22)18-9-11-19(12-10-18)23(28)27(4)15-21-16(2)8-6-13-24-21/h6,8-14H,5,7,15H2,1-4H3. The van der Waals surface area contributed by atoms with Crippen LogP contribution in [0.2, 0.25) is 0 Å². The SMILES string of the molecule is CCCc1nc(C)cc(-c2ccc(C(=O)N(C)Cc3ncccc3C)cc2)n1. The number of hydrogen-bond donors (Lipinski definition) is 0. The second kappa shape index (κ2) is 8.74. The van der Waals surface area contributed by atoms with E-state index in [0.717, 1.165) is 46.9 Å². The number of rotatable bonds is 6. The Morgan fingerprint density at radius 3 is 2.50 bits per heavy atom. The number of nitrogens with zero attached hydrogens (tertiary/aromatic N) is 4. The number of aryl methyl sites for hydroxylation is 3. The highest BCUT2D eigenvalue weighted by atomic mass is 16.2. The molecule has 2 heterocycles. The van der Waals surface area contributed by atoms with Crippen LogP contribution in [0.5, 0.6) is 0 Å². The maximum absolute atomic E-state index is 12.8. The average molecular weight is 374 g/mol. The first-order chi connectivity index (χ1) is 13.5. The van der Waals surface area contributed by atoms with Crippen molar-refractivity contribution in [2.24, 2.45) is 0 Å². The Hall–Kier alpha value is -3.08. The molecule has 0 atom stereocenters. The summed E-state index contributed by atoms with van der Waals surface area (Å²) in [6.45, 7) is 6.59. The molecule has 0 spiro atoms. The zero-order valence-corrected chi connectivity index (χ0v) is 16.9. The predicted molar refractivity (Wildman–Crippen MR) is 111 cm³/mol. The summed E-state index contributed by atoms with van der Waals surface area (Å²) in [5.74, 6) is 0.838. The van der Waals surface area contributed by atoms with Crippen molar-refractivity contribution < 1.29 is 4.79 Å². The van der Waals surface area contributed by atoms with E-state index in [1.807, 2.05) is 56.3 Å². The molecule has 0 aliphatic heterocycles. The van der Waals surface area contributed by atoms with Gasteiger partial charge in [0.1, 0.15) is 5.82 Å². The van der Waals surface area contributed by atoms with Crippen molar-refractivity contribution >= 4 is 5.91 Å². The molecule has 3 aromatic rings. The average Bonchev–Trinajstić information content (AvgIpc) is 2.69. The Labute approximate surface area is 166 Å². The largest absolute Gasteiger partial charge is 0.336 e. The summed E-state index contributed by atoms with van der Waals surface area (Å²) >= 11 is 0. The lowest BCUT2D eigenvalue weighted by Crippen LogP contribution is -2.27. The highest BCUT2D eigenvalue weighted by Gasteiger charge is 2.14. The molecule has 28 heavy (non-hydrogen) atoms. The summed E-state index contributed by atoms with van der Waals surface area (Å²) in [6.07, 6.45) is 3.63.